The molecule has 2 nitrogen and oxygen atoms in total. The van der Waals surface area contributed by atoms with E-state index in [9.17, 15) is 4.79 Å². The van der Waals surface area contributed by atoms with E-state index in [-0.39, 0.29) is 0 Å². The van der Waals surface area contributed by atoms with Crippen molar-refractivity contribution in [2.24, 2.45) is 4.99 Å². The number of hydrogen-bond donors (Lipinski definition) is 0. The Kier molecular flexibility index (Phi) is 2.95. The standard InChI is InChI=1S/C5H7BrNO/c1-3-5(2,6)7-4-8/h2-3H2,1H3. The molecule has 0 aromatic heterocycles. The van der Waals surface area contributed by atoms with Gasteiger partial charge in [-0.15, -0.1) is 0 Å². The summed E-state index contributed by atoms with van der Waals surface area (Å²) in [5, 5.41) is 0. The van der Waals surface area contributed by atoms with E-state index in [2.05, 4.69) is 27.8 Å². The van der Waals surface area contributed by atoms with Crippen LogP contribution in [0, 0.1) is 6.92 Å². The van der Waals surface area contributed by atoms with Crippen LogP contribution >= 0.6 is 15.9 Å². The fraction of sp³-hybridized carbons (Fsp3) is 0.600. The second kappa shape index (κ2) is 3.00. The quantitative estimate of drug-likeness (QED) is 0.273. The van der Waals surface area contributed by atoms with E-state index in [4.69, 9.17) is 0 Å². The Morgan fingerprint density at radius 2 is 2.50 bits per heavy atom. The van der Waals surface area contributed by atoms with Crippen molar-refractivity contribution in [2.75, 3.05) is 0 Å². The predicted molar refractivity (Wildman–Crippen MR) is 35.4 cm³/mol. The molecule has 0 aromatic rings. The molecule has 1 atom stereocenters. The van der Waals surface area contributed by atoms with E-state index in [1.54, 1.807) is 0 Å². The molecule has 0 bridgehead atoms. The Morgan fingerprint density at radius 1 is 2.00 bits per heavy atom. The largest absolute Gasteiger partial charge is 0.236 e. The number of halogens is 1. The summed E-state index contributed by atoms with van der Waals surface area (Å²) in [7, 11) is 0. The number of rotatable bonds is 2. The number of hydrogen-bond acceptors (Lipinski definition) is 2. The molecule has 0 spiro atoms. The van der Waals surface area contributed by atoms with Gasteiger partial charge in [0.15, 0.2) is 0 Å². The van der Waals surface area contributed by atoms with E-state index in [0.29, 0.717) is 6.42 Å². The van der Waals surface area contributed by atoms with Crippen LogP contribution in [0.4, 0.5) is 0 Å². The highest BCUT2D eigenvalue weighted by Crippen LogP contribution is 2.20. The molecule has 45 valence electrons. The lowest BCUT2D eigenvalue weighted by atomic mass is 10.3. The lowest BCUT2D eigenvalue weighted by Gasteiger charge is -2.09. The van der Waals surface area contributed by atoms with Crippen LogP contribution in [0.3, 0.4) is 0 Å². The highest BCUT2D eigenvalue weighted by molar-refractivity contribution is 9.10. The molecule has 0 N–H and O–H groups in total. The van der Waals surface area contributed by atoms with Gasteiger partial charge >= 0.3 is 0 Å². The first-order valence-corrected chi connectivity index (χ1v) is 3.05. The molecule has 0 saturated carbocycles. The maximum atomic E-state index is 9.62. The van der Waals surface area contributed by atoms with Crippen molar-refractivity contribution in [1.29, 1.82) is 0 Å². The summed E-state index contributed by atoms with van der Waals surface area (Å²) < 4.78 is -0.644. The van der Waals surface area contributed by atoms with Crippen molar-refractivity contribution in [3.8, 4) is 0 Å². The Labute approximate surface area is 57.1 Å². The summed E-state index contributed by atoms with van der Waals surface area (Å²) >= 11 is 3.10. The zero-order valence-electron chi connectivity index (χ0n) is 4.65. The smallest absolute Gasteiger partial charge is 0.211 e. The van der Waals surface area contributed by atoms with E-state index >= 15 is 0 Å². The van der Waals surface area contributed by atoms with Gasteiger partial charge in [0, 0.05) is 0 Å². The number of alkyl halides is 1. The van der Waals surface area contributed by atoms with Crippen molar-refractivity contribution in [3.05, 3.63) is 6.92 Å². The zero-order valence-corrected chi connectivity index (χ0v) is 6.23. The van der Waals surface area contributed by atoms with Gasteiger partial charge in [-0.05, 0) is 13.3 Å². The summed E-state index contributed by atoms with van der Waals surface area (Å²) in [5.41, 5.74) is 0. The number of aliphatic imine (C=N–C) groups is 1. The lowest BCUT2D eigenvalue weighted by Crippen LogP contribution is -2.08. The zero-order chi connectivity index (χ0) is 6.62. The number of nitrogens with zero attached hydrogens (tertiary/aromatic N) is 1. The van der Waals surface area contributed by atoms with Gasteiger partial charge in [-0.2, -0.15) is 4.99 Å². The van der Waals surface area contributed by atoms with E-state index < -0.39 is 4.45 Å². The predicted octanol–water partition coefficient (Wildman–Crippen LogP) is 1.66. The summed E-state index contributed by atoms with van der Waals surface area (Å²) in [6, 6.07) is 0. The van der Waals surface area contributed by atoms with Crippen LogP contribution in [-0.2, 0) is 4.79 Å². The van der Waals surface area contributed by atoms with Gasteiger partial charge in [-0.1, -0.05) is 22.9 Å². The molecular weight excluding hydrogens is 170 g/mol. The second-order valence-corrected chi connectivity index (χ2v) is 2.95. The van der Waals surface area contributed by atoms with Crippen LogP contribution in [0.25, 0.3) is 0 Å². The molecule has 0 aliphatic heterocycles. The maximum Gasteiger partial charge on any atom is 0.236 e. The van der Waals surface area contributed by atoms with Crippen LogP contribution in [0.5, 0.6) is 0 Å². The number of isocyanates is 1. The minimum Gasteiger partial charge on any atom is -0.211 e. The van der Waals surface area contributed by atoms with E-state index in [1.165, 1.54) is 6.08 Å². The van der Waals surface area contributed by atoms with Crippen LogP contribution in [0.1, 0.15) is 13.3 Å². The molecule has 0 amide bonds. The monoisotopic (exact) mass is 176 g/mol. The molecule has 3 heteroatoms. The van der Waals surface area contributed by atoms with Crippen LogP contribution in [0.15, 0.2) is 4.99 Å². The summed E-state index contributed by atoms with van der Waals surface area (Å²) in [5.74, 6) is 0. The van der Waals surface area contributed by atoms with Gasteiger partial charge < -0.3 is 0 Å². The third-order valence-corrected chi connectivity index (χ3v) is 1.53. The van der Waals surface area contributed by atoms with Crippen molar-refractivity contribution in [3.63, 3.8) is 0 Å². The van der Waals surface area contributed by atoms with Crippen molar-refractivity contribution in [1.82, 2.24) is 0 Å². The Hall–Kier alpha value is -0.140. The normalized spacial score (nSPS) is 16.4. The van der Waals surface area contributed by atoms with E-state index in [1.807, 2.05) is 6.92 Å². The topological polar surface area (TPSA) is 29.4 Å². The Bertz CT molecular complexity index is 116. The molecule has 1 unspecified atom stereocenters. The maximum absolute atomic E-state index is 9.62. The second-order valence-electron chi connectivity index (χ2n) is 1.47. The minimum absolute atomic E-state index is 0.644. The van der Waals surface area contributed by atoms with Gasteiger partial charge in [0.05, 0.1) is 0 Å². The van der Waals surface area contributed by atoms with Gasteiger partial charge in [-0.25, -0.2) is 4.79 Å². The molecule has 0 fully saturated rings. The lowest BCUT2D eigenvalue weighted by molar-refractivity contribution is 0.557. The minimum atomic E-state index is -0.644. The third kappa shape index (κ3) is 2.94. The van der Waals surface area contributed by atoms with Crippen molar-refractivity contribution < 1.29 is 4.79 Å². The molecule has 0 aliphatic carbocycles. The van der Waals surface area contributed by atoms with Crippen LogP contribution < -0.4 is 0 Å². The molecular formula is C5H7BrNO. The highest BCUT2D eigenvalue weighted by Gasteiger charge is 2.14. The molecule has 0 aliphatic rings. The molecule has 1 radical (unpaired) electrons. The van der Waals surface area contributed by atoms with Crippen molar-refractivity contribution >= 4 is 22.0 Å². The average molecular weight is 177 g/mol. The Balaban J connectivity index is 3.90. The van der Waals surface area contributed by atoms with Crippen molar-refractivity contribution in [2.45, 2.75) is 17.8 Å². The first kappa shape index (κ1) is 7.86. The highest BCUT2D eigenvalue weighted by atomic mass is 79.9. The Morgan fingerprint density at radius 3 is 2.62 bits per heavy atom. The summed E-state index contributed by atoms with van der Waals surface area (Å²) in [6.45, 7) is 5.44. The third-order valence-electron chi connectivity index (χ3n) is 0.788. The SMILES string of the molecule is [CH2]C(Br)(CC)N=C=O. The fourth-order valence-corrected chi connectivity index (χ4v) is 0.233. The van der Waals surface area contributed by atoms with Crippen LogP contribution in [0.2, 0.25) is 0 Å². The first-order valence-electron chi connectivity index (χ1n) is 2.25. The summed E-state index contributed by atoms with van der Waals surface area (Å²) in [6.07, 6.45) is 2.11. The first-order chi connectivity index (χ1) is 3.62. The molecule has 0 heterocycles. The number of carbonyl (C=O) groups excluding carboxylic acids is 1. The molecule has 0 rings (SSSR count). The van der Waals surface area contributed by atoms with E-state index in [0.717, 1.165) is 0 Å². The summed E-state index contributed by atoms with van der Waals surface area (Å²) in [4.78, 5) is 13.0. The van der Waals surface area contributed by atoms with Gasteiger partial charge in [0.2, 0.25) is 6.08 Å². The molecule has 0 aromatic carbocycles. The molecule has 0 saturated heterocycles. The molecule has 8 heavy (non-hydrogen) atoms. The van der Waals surface area contributed by atoms with Crippen LogP contribution in [-0.4, -0.2) is 10.5 Å². The van der Waals surface area contributed by atoms with Gasteiger partial charge in [-0.3, -0.25) is 0 Å². The average Bonchev–Trinajstić information content (AvgIpc) is 1.67. The van der Waals surface area contributed by atoms with Gasteiger partial charge in [0.25, 0.3) is 0 Å². The fourth-order valence-electron chi connectivity index (χ4n) is 0.161. The van der Waals surface area contributed by atoms with Gasteiger partial charge in [0.1, 0.15) is 4.45 Å².